The summed E-state index contributed by atoms with van der Waals surface area (Å²) in [5.74, 6) is 1.06. The molecule has 4 rings (SSSR count). The zero-order valence-corrected chi connectivity index (χ0v) is 17.8. The number of aromatic hydroxyl groups is 1. The molecular weight excluding hydrogens is 379 g/mol. The van der Waals surface area contributed by atoms with Crippen molar-refractivity contribution in [3.05, 3.63) is 78.4 Å². The Bertz CT molecular complexity index is 1040. The first kappa shape index (κ1) is 19.8. The minimum Gasteiger partial charge on any atom is -0.508 e. The average molecular weight is 406 g/mol. The molecule has 0 radical (unpaired) electrons. The van der Waals surface area contributed by atoms with E-state index in [4.69, 9.17) is 4.52 Å². The van der Waals surface area contributed by atoms with Crippen molar-refractivity contribution in [3.8, 4) is 22.6 Å². The highest BCUT2D eigenvalue weighted by Crippen LogP contribution is 2.66. The lowest BCUT2D eigenvalue weighted by Crippen LogP contribution is -2.25. The Hall–Kier alpha value is -2.51. The van der Waals surface area contributed by atoms with Crippen molar-refractivity contribution in [3.63, 3.8) is 0 Å². The zero-order valence-electron chi connectivity index (χ0n) is 16.9. The van der Waals surface area contributed by atoms with Gasteiger partial charge in [-0.15, -0.1) is 0 Å². The van der Waals surface area contributed by atoms with Gasteiger partial charge in [-0.2, -0.15) is 0 Å². The third kappa shape index (κ3) is 3.60. The molecule has 3 aromatic rings. The first-order chi connectivity index (χ1) is 14.0. The van der Waals surface area contributed by atoms with E-state index in [1.54, 1.807) is 12.1 Å². The highest BCUT2D eigenvalue weighted by atomic mass is 31.2. The number of rotatable bonds is 6. The van der Waals surface area contributed by atoms with Crippen LogP contribution in [0.3, 0.4) is 0 Å². The second-order valence-electron chi connectivity index (χ2n) is 7.86. The molecule has 0 aliphatic carbocycles. The van der Waals surface area contributed by atoms with Crippen molar-refractivity contribution in [1.82, 2.24) is 0 Å². The van der Waals surface area contributed by atoms with Gasteiger partial charge < -0.3 is 9.63 Å². The average Bonchev–Trinajstić information content (AvgIpc) is 2.74. The molecule has 3 aromatic carbocycles. The summed E-state index contributed by atoms with van der Waals surface area (Å²) in [7, 11) is -3.26. The van der Waals surface area contributed by atoms with E-state index in [-0.39, 0.29) is 17.3 Å². The SMILES string of the molecule is CCCCC(C)C(c1ccc(O)cc1)P1(=O)Oc2ccccc2-c2ccccc21. The van der Waals surface area contributed by atoms with Crippen molar-refractivity contribution in [2.45, 2.75) is 38.8 Å². The largest absolute Gasteiger partial charge is 0.508 e. The van der Waals surface area contributed by atoms with Crippen molar-refractivity contribution < 1.29 is 14.2 Å². The maximum absolute atomic E-state index is 14.7. The molecule has 1 heterocycles. The Labute approximate surface area is 172 Å². The molecule has 3 unspecified atom stereocenters. The highest BCUT2D eigenvalue weighted by molar-refractivity contribution is 7.68. The van der Waals surface area contributed by atoms with Gasteiger partial charge in [0.25, 0.3) is 7.37 Å². The molecule has 0 saturated carbocycles. The van der Waals surface area contributed by atoms with Crippen LogP contribution in [0.2, 0.25) is 0 Å². The fourth-order valence-corrected chi connectivity index (χ4v) is 7.53. The van der Waals surface area contributed by atoms with Gasteiger partial charge in [-0.05, 0) is 47.7 Å². The van der Waals surface area contributed by atoms with E-state index in [0.29, 0.717) is 5.75 Å². The van der Waals surface area contributed by atoms with Crippen molar-refractivity contribution >= 4 is 12.7 Å². The molecule has 4 heteroatoms. The second-order valence-corrected chi connectivity index (χ2v) is 10.3. The lowest BCUT2D eigenvalue weighted by Gasteiger charge is -2.37. The fraction of sp³-hybridized carbons (Fsp3) is 0.280. The van der Waals surface area contributed by atoms with Crippen LogP contribution in [0.5, 0.6) is 11.5 Å². The van der Waals surface area contributed by atoms with Gasteiger partial charge >= 0.3 is 0 Å². The fourth-order valence-electron chi connectivity index (χ4n) is 4.36. The molecule has 0 spiro atoms. The lowest BCUT2D eigenvalue weighted by molar-refractivity contribution is 0.424. The maximum atomic E-state index is 14.7. The third-order valence-corrected chi connectivity index (χ3v) is 8.87. The number of unbranched alkanes of at least 4 members (excludes halogenated alkanes) is 1. The van der Waals surface area contributed by atoms with Gasteiger partial charge in [-0.1, -0.05) is 75.2 Å². The molecule has 29 heavy (non-hydrogen) atoms. The zero-order chi connectivity index (χ0) is 20.4. The Kier molecular flexibility index (Phi) is 5.52. The third-order valence-electron chi connectivity index (χ3n) is 5.80. The molecule has 3 nitrogen and oxygen atoms in total. The van der Waals surface area contributed by atoms with Crippen LogP contribution < -0.4 is 9.83 Å². The van der Waals surface area contributed by atoms with E-state index in [1.807, 2.05) is 60.7 Å². The molecule has 0 fully saturated rings. The Morgan fingerprint density at radius 1 is 0.931 bits per heavy atom. The van der Waals surface area contributed by atoms with E-state index in [9.17, 15) is 9.67 Å². The number of hydrogen-bond acceptors (Lipinski definition) is 3. The van der Waals surface area contributed by atoms with E-state index in [2.05, 4.69) is 13.8 Å². The summed E-state index contributed by atoms with van der Waals surface area (Å²) < 4.78 is 21.1. The van der Waals surface area contributed by atoms with Gasteiger partial charge in [0.05, 0.1) is 11.0 Å². The van der Waals surface area contributed by atoms with Crippen molar-refractivity contribution in [1.29, 1.82) is 0 Å². The van der Waals surface area contributed by atoms with Crippen LogP contribution in [0.1, 0.15) is 44.3 Å². The topological polar surface area (TPSA) is 46.5 Å². The monoisotopic (exact) mass is 406 g/mol. The summed E-state index contributed by atoms with van der Waals surface area (Å²) in [6.07, 6.45) is 3.14. The molecular formula is C25H27O3P. The molecule has 0 aromatic heterocycles. The number of benzene rings is 3. The first-order valence-electron chi connectivity index (χ1n) is 10.3. The van der Waals surface area contributed by atoms with Crippen LogP contribution in [-0.4, -0.2) is 5.11 Å². The molecule has 3 atom stereocenters. The molecule has 0 saturated heterocycles. The van der Waals surface area contributed by atoms with Crippen LogP contribution in [0.15, 0.2) is 72.8 Å². The molecule has 0 amide bonds. The van der Waals surface area contributed by atoms with Crippen molar-refractivity contribution in [2.75, 3.05) is 0 Å². The summed E-state index contributed by atoms with van der Waals surface area (Å²) in [6, 6.07) is 22.9. The standard InChI is InChI=1S/C25H27O3P/c1-3-4-9-18(2)25(19-14-16-20(26)17-15-19)29(27)24-13-8-6-11-22(24)21-10-5-7-12-23(21)28-29/h5-8,10-18,25-26H,3-4,9H2,1-2H3. The van der Waals surface area contributed by atoms with E-state index in [1.165, 1.54) is 0 Å². The van der Waals surface area contributed by atoms with Gasteiger partial charge in [-0.25, -0.2) is 0 Å². The quantitative estimate of drug-likeness (QED) is 0.452. The summed E-state index contributed by atoms with van der Waals surface area (Å²) in [5, 5.41) is 10.6. The number of fused-ring (bicyclic) bond motifs is 3. The predicted molar refractivity (Wildman–Crippen MR) is 119 cm³/mol. The minimum atomic E-state index is -3.26. The summed E-state index contributed by atoms with van der Waals surface area (Å²) >= 11 is 0. The van der Waals surface area contributed by atoms with E-state index in [0.717, 1.165) is 41.3 Å². The predicted octanol–water partition coefficient (Wildman–Crippen LogP) is 6.92. The number of phenolic OH excluding ortho intramolecular Hbond substituents is 1. The van der Waals surface area contributed by atoms with Crippen molar-refractivity contribution in [2.24, 2.45) is 5.92 Å². The molecule has 1 N–H and O–H groups in total. The maximum Gasteiger partial charge on any atom is 0.285 e. The van der Waals surface area contributed by atoms with Crippen LogP contribution in [-0.2, 0) is 4.57 Å². The summed E-state index contributed by atoms with van der Waals surface area (Å²) in [4.78, 5) is 0. The molecule has 150 valence electrons. The highest BCUT2D eigenvalue weighted by Gasteiger charge is 2.45. The van der Waals surface area contributed by atoms with Crippen LogP contribution in [0, 0.1) is 5.92 Å². The first-order valence-corrected chi connectivity index (χ1v) is 12.0. The minimum absolute atomic E-state index is 0.170. The summed E-state index contributed by atoms with van der Waals surface area (Å²) in [5.41, 5.74) is 2.65. The lowest BCUT2D eigenvalue weighted by atomic mass is 9.95. The van der Waals surface area contributed by atoms with Gasteiger partial charge in [0, 0.05) is 5.56 Å². The van der Waals surface area contributed by atoms with Crippen LogP contribution >= 0.6 is 7.37 Å². The molecule has 1 aliphatic rings. The Morgan fingerprint density at radius 3 is 2.31 bits per heavy atom. The Balaban J connectivity index is 1.89. The van der Waals surface area contributed by atoms with E-state index >= 15 is 0 Å². The van der Waals surface area contributed by atoms with Crippen LogP contribution in [0.25, 0.3) is 11.1 Å². The second kappa shape index (κ2) is 8.08. The Morgan fingerprint density at radius 2 is 1.59 bits per heavy atom. The summed E-state index contributed by atoms with van der Waals surface area (Å²) in [6.45, 7) is 4.34. The van der Waals surface area contributed by atoms with Gasteiger partial charge in [0.2, 0.25) is 0 Å². The van der Waals surface area contributed by atoms with Crippen LogP contribution in [0.4, 0.5) is 0 Å². The molecule has 1 aliphatic heterocycles. The van der Waals surface area contributed by atoms with Gasteiger partial charge in [0.15, 0.2) is 0 Å². The van der Waals surface area contributed by atoms with Gasteiger partial charge in [0.1, 0.15) is 11.5 Å². The molecule has 0 bridgehead atoms. The van der Waals surface area contributed by atoms with Gasteiger partial charge in [-0.3, -0.25) is 4.57 Å². The normalized spacial score (nSPS) is 19.5. The number of para-hydroxylation sites is 1. The van der Waals surface area contributed by atoms with E-state index < -0.39 is 7.37 Å². The number of phenols is 1. The number of hydrogen-bond donors (Lipinski definition) is 1. The smallest absolute Gasteiger partial charge is 0.285 e.